The monoisotopic (exact) mass is 222 g/mol. The van der Waals surface area contributed by atoms with E-state index in [9.17, 15) is 0 Å². The van der Waals surface area contributed by atoms with E-state index >= 15 is 0 Å². The molecule has 2 rings (SSSR count). The van der Waals surface area contributed by atoms with E-state index < -0.39 is 0 Å². The molecule has 0 bridgehead atoms. The Morgan fingerprint density at radius 1 is 1.38 bits per heavy atom. The van der Waals surface area contributed by atoms with Crippen LogP contribution in [0.3, 0.4) is 0 Å². The lowest BCUT2D eigenvalue weighted by atomic mass is 9.92. The van der Waals surface area contributed by atoms with Crippen molar-refractivity contribution in [2.75, 3.05) is 19.6 Å². The lowest BCUT2D eigenvalue weighted by Gasteiger charge is -2.45. The van der Waals surface area contributed by atoms with E-state index in [4.69, 9.17) is 0 Å². The van der Waals surface area contributed by atoms with E-state index in [1.807, 2.05) is 0 Å². The summed E-state index contributed by atoms with van der Waals surface area (Å²) < 4.78 is 0. The lowest BCUT2D eigenvalue weighted by Crippen LogP contribution is -2.62. The summed E-state index contributed by atoms with van der Waals surface area (Å²) in [6.45, 7) is 10.3. The lowest BCUT2D eigenvalue weighted by molar-refractivity contribution is 0.100. The summed E-state index contributed by atoms with van der Waals surface area (Å²) in [6, 6.07) is 0.682. The van der Waals surface area contributed by atoms with Crippen LogP contribution in [0.1, 0.15) is 46.5 Å². The first-order valence-corrected chi connectivity index (χ1v) is 6.74. The molecule has 0 aromatic rings. The molecule has 2 nitrogen and oxygen atoms in total. The fraction of sp³-hybridized carbons (Fsp3) is 0.857. The number of hydrogen-bond acceptors (Lipinski definition) is 2. The molecule has 0 aromatic carbocycles. The average Bonchev–Trinajstić information content (AvgIpc) is 2.68. The minimum absolute atomic E-state index is 0.460. The van der Waals surface area contributed by atoms with Gasteiger partial charge in [-0.3, -0.25) is 4.90 Å². The molecule has 0 amide bonds. The van der Waals surface area contributed by atoms with Gasteiger partial charge in [0.05, 0.1) is 0 Å². The predicted octanol–water partition coefficient (Wildman–Crippen LogP) is 2.56. The number of hydrogen-bond donors (Lipinski definition) is 1. The first kappa shape index (κ1) is 12.1. The summed E-state index contributed by atoms with van der Waals surface area (Å²) in [4.78, 5) is 2.65. The topological polar surface area (TPSA) is 15.3 Å². The highest BCUT2D eigenvalue weighted by molar-refractivity contribution is 5.03. The minimum atomic E-state index is 0.460. The summed E-state index contributed by atoms with van der Waals surface area (Å²) >= 11 is 0. The molecule has 16 heavy (non-hydrogen) atoms. The van der Waals surface area contributed by atoms with Crippen molar-refractivity contribution in [3.05, 3.63) is 11.6 Å². The summed E-state index contributed by atoms with van der Waals surface area (Å²) in [5.74, 6) is 0. The maximum Gasteiger partial charge on any atom is 0.0309 e. The predicted molar refractivity (Wildman–Crippen MR) is 69.7 cm³/mol. The molecule has 1 heterocycles. The van der Waals surface area contributed by atoms with Gasteiger partial charge in [-0.2, -0.15) is 0 Å². The number of nitrogens with one attached hydrogen (secondary N) is 1. The van der Waals surface area contributed by atoms with E-state index in [0.29, 0.717) is 11.6 Å². The Bertz CT molecular complexity index is 260. The molecule has 1 saturated heterocycles. The molecular weight excluding hydrogens is 196 g/mol. The fourth-order valence-corrected chi connectivity index (χ4v) is 3.02. The van der Waals surface area contributed by atoms with Gasteiger partial charge in [0.25, 0.3) is 0 Å². The second-order valence-electron chi connectivity index (χ2n) is 5.93. The van der Waals surface area contributed by atoms with Crippen LogP contribution in [0.2, 0.25) is 0 Å². The number of nitrogens with zero attached hydrogens (tertiary/aromatic N) is 1. The molecule has 1 atom stereocenters. The average molecular weight is 222 g/mol. The van der Waals surface area contributed by atoms with Crippen LogP contribution in [-0.2, 0) is 0 Å². The summed E-state index contributed by atoms with van der Waals surface area (Å²) in [6.07, 6.45) is 7.95. The third-order valence-electron chi connectivity index (χ3n) is 4.20. The zero-order valence-electron chi connectivity index (χ0n) is 11.1. The van der Waals surface area contributed by atoms with Crippen LogP contribution in [0.15, 0.2) is 11.6 Å². The van der Waals surface area contributed by atoms with Gasteiger partial charge in [0.15, 0.2) is 0 Å². The molecule has 1 N–H and O–H groups in total. The fourth-order valence-electron chi connectivity index (χ4n) is 3.02. The van der Waals surface area contributed by atoms with E-state index in [-0.39, 0.29) is 0 Å². The zero-order valence-corrected chi connectivity index (χ0v) is 11.1. The van der Waals surface area contributed by atoms with Crippen LogP contribution in [-0.4, -0.2) is 36.1 Å². The summed E-state index contributed by atoms with van der Waals surface area (Å²) in [5, 5.41) is 3.80. The van der Waals surface area contributed by atoms with E-state index in [1.54, 1.807) is 0 Å². The first-order chi connectivity index (χ1) is 7.61. The maximum absolute atomic E-state index is 3.80. The Morgan fingerprint density at radius 2 is 2.06 bits per heavy atom. The van der Waals surface area contributed by atoms with E-state index in [2.05, 4.69) is 37.1 Å². The molecule has 2 fully saturated rings. The Hall–Kier alpha value is -0.340. The summed E-state index contributed by atoms with van der Waals surface area (Å²) in [5.41, 5.74) is 1.90. The van der Waals surface area contributed by atoms with Gasteiger partial charge in [-0.25, -0.2) is 0 Å². The normalized spacial score (nSPS) is 29.6. The van der Waals surface area contributed by atoms with Crippen molar-refractivity contribution in [3.63, 3.8) is 0 Å². The third kappa shape index (κ3) is 2.67. The second kappa shape index (κ2) is 4.89. The van der Waals surface area contributed by atoms with Crippen LogP contribution in [0, 0.1) is 0 Å². The highest BCUT2D eigenvalue weighted by atomic mass is 15.2. The summed E-state index contributed by atoms with van der Waals surface area (Å²) in [7, 11) is 0. The quantitative estimate of drug-likeness (QED) is 0.722. The van der Waals surface area contributed by atoms with Crippen LogP contribution in [0.4, 0.5) is 0 Å². The smallest absolute Gasteiger partial charge is 0.0309 e. The van der Waals surface area contributed by atoms with Crippen LogP contribution >= 0.6 is 0 Å². The highest BCUT2D eigenvalue weighted by Gasteiger charge is 2.39. The zero-order chi connectivity index (χ0) is 11.6. The standard InChI is InChI=1S/C14H26N2/c1-12(2)6-9-16-11-14(7-4-5-8-14)15-10-13(16)3/h6,13,15H,4-5,7-11H2,1-3H3. The van der Waals surface area contributed by atoms with Crippen molar-refractivity contribution < 1.29 is 0 Å². The Balaban J connectivity index is 1.97. The first-order valence-electron chi connectivity index (χ1n) is 6.74. The van der Waals surface area contributed by atoms with Gasteiger partial charge in [-0.1, -0.05) is 24.5 Å². The van der Waals surface area contributed by atoms with Crippen molar-refractivity contribution in [1.82, 2.24) is 10.2 Å². The van der Waals surface area contributed by atoms with Crippen molar-refractivity contribution in [1.29, 1.82) is 0 Å². The third-order valence-corrected chi connectivity index (χ3v) is 4.20. The van der Waals surface area contributed by atoms with Gasteiger partial charge in [0.1, 0.15) is 0 Å². The highest BCUT2D eigenvalue weighted by Crippen LogP contribution is 2.33. The van der Waals surface area contributed by atoms with Crippen molar-refractivity contribution >= 4 is 0 Å². The number of allylic oxidation sites excluding steroid dienone is 1. The van der Waals surface area contributed by atoms with Gasteiger partial charge in [0.2, 0.25) is 0 Å². The molecule has 1 spiro atoms. The Labute approximate surface area is 100 Å². The molecule has 1 aliphatic heterocycles. The largest absolute Gasteiger partial charge is 0.308 e. The molecule has 0 aromatic heterocycles. The van der Waals surface area contributed by atoms with Crippen molar-refractivity contribution in [2.24, 2.45) is 0 Å². The molecule has 1 aliphatic carbocycles. The second-order valence-corrected chi connectivity index (χ2v) is 5.93. The van der Waals surface area contributed by atoms with E-state index in [1.165, 1.54) is 37.8 Å². The van der Waals surface area contributed by atoms with E-state index in [0.717, 1.165) is 13.1 Å². The molecule has 92 valence electrons. The van der Waals surface area contributed by atoms with Gasteiger partial charge in [-0.15, -0.1) is 0 Å². The van der Waals surface area contributed by atoms with Crippen LogP contribution in [0.5, 0.6) is 0 Å². The number of piperazine rings is 1. The minimum Gasteiger partial charge on any atom is -0.308 e. The molecular formula is C14H26N2. The Morgan fingerprint density at radius 3 is 2.69 bits per heavy atom. The van der Waals surface area contributed by atoms with Crippen LogP contribution in [0.25, 0.3) is 0 Å². The van der Waals surface area contributed by atoms with Gasteiger partial charge in [0, 0.05) is 31.2 Å². The van der Waals surface area contributed by atoms with Gasteiger partial charge in [-0.05, 0) is 33.6 Å². The van der Waals surface area contributed by atoms with Gasteiger partial charge >= 0.3 is 0 Å². The number of rotatable bonds is 2. The van der Waals surface area contributed by atoms with Crippen molar-refractivity contribution in [3.8, 4) is 0 Å². The molecule has 1 saturated carbocycles. The van der Waals surface area contributed by atoms with Crippen LogP contribution < -0.4 is 5.32 Å². The Kier molecular flexibility index (Phi) is 3.70. The molecule has 0 radical (unpaired) electrons. The maximum atomic E-state index is 3.80. The molecule has 1 unspecified atom stereocenters. The molecule has 2 aliphatic rings. The van der Waals surface area contributed by atoms with Gasteiger partial charge < -0.3 is 5.32 Å². The molecule has 2 heteroatoms. The van der Waals surface area contributed by atoms with Crippen molar-refractivity contribution in [2.45, 2.75) is 58.0 Å². The SMILES string of the molecule is CC(C)=CCN1CC2(CCCC2)NCC1C.